The van der Waals surface area contributed by atoms with Crippen molar-refractivity contribution in [2.45, 2.75) is 13.0 Å². The van der Waals surface area contributed by atoms with Gasteiger partial charge in [0.05, 0.1) is 0 Å². The molecule has 3 nitrogen and oxygen atoms in total. The van der Waals surface area contributed by atoms with Crippen LogP contribution >= 0.6 is 27.3 Å². The molecule has 3 heterocycles. The Hall–Kier alpha value is -1.07. The van der Waals surface area contributed by atoms with E-state index < -0.39 is 0 Å². The quantitative estimate of drug-likeness (QED) is 0.809. The first-order valence-corrected chi connectivity index (χ1v) is 7.01. The average molecular weight is 312 g/mol. The summed E-state index contributed by atoms with van der Waals surface area (Å²) in [7, 11) is 0. The third-order valence-corrected chi connectivity index (χ3v) is 4.33. The van der Waals surface area contributed by atoms with E-state index in [1.54, 1.807) is 23.5 Å². The largest absolute Gasteiger partial charge is 0.444 e. The minimum atomic E-state index is -0.0347. The van der Waals surface area contributed by atoms with Crippen LogP contribution in [0.4, 0.5) is 0 Å². The lowest BCUT2D eigenvalue weighted by Gasteiger charge is -2.26. The Morgan fingerprint density at radius 1 is 1.41 bits per heavy atom. The van der Waals surface area contributed by atoms with E-state index in [-0.39, 0.29) is 5.91 Å². The number of hydrogen-bond acceptors (Lipinski definition) is 3. The van der Waals surface area contributed by atoms with Crippen molar-refractivity contribution >= 4 is 33.2 Å². The fourth-order valence-corrected chi connectivity index (χ4v) is 3.20. The molecule has 0 aliphatic carbocycles. The van der Waals surface area contributed by atoms with Crippen LogP contribution in [0.25, 0.3) is 0 Å². The summed E-state index contributed by atoms with van der Waals surface area (Å²) in [6, 6.07) is 5.54. The van der Waals surface area contributed by atoms with E-state index in [1.807, 2.05) is 4.90 Å². The number of thiophene rings is 1. The van der Waals surface area contributed by atoms with Gasteiger partial charge in [-0.3, -0.25) is 4.79 Å². The zero-order valence-electron chi connectivity index (χ0n) is 8.98. The molecular formula is C12H10BrNO2S. The molecule has 0 radical (unpaired) electrons. The Labute approximate surface area is 111 Å². The SMILES string of the molecule is O=C(c1ccc(Br)o1)N1CCc2sccc2C1. The molecule has 0 spiro atoms. The van der Waals surface area contributed by atoms with Crippen LogP contribution < -0.4 is 0 Å². The van der Waals surface area contributed by atoms with Crippen molar-refractivity contribution in [1.29, 1.82) is 0 Å². The van der Waals surface area contributed by atoms with E-state index >= 15 is 0 Å². The Morgan fingerprint density at radius 3 is 3.06 bits per heavy atom. The van der Waals surface area contributed by atoms with Gasteiger partial charge in [0, 0.05) is 18.0 Å². The third-order valence-electron chi connectivity index (χ3n) is 2.88. The molecule has 2 aromatic heterocycles. The van der Waals surface area contributed by atoms with E-state index in [0.29, 0.717) is 17.0 Å². The molecular weight excluding hydrogens is 302 g/mol. The van der Waals surface area contributed by atoms with Crippen molar-refractivity contribution in [2.75, 3.05) is 6.54 Å². The van der Waals surface area contributed by atoms with Gasteiger partial charge >= 0.3 is 0 Å². The van der Waals surface area contributed by atoms with Gasteiger partial charge in [-0.2, -0.15) is 0 Å². The molecule has 0 unspecified atom stereocenters. The number of nitrogens with zero attached hydrogens (tertiary/aromatic N) is 1. The summed E-state index contributed by atoms with van der Waals surface area (Å²) in [5.41, 5.74) is 1.26. The highest BCUT2D eigenvalue weighted by Gasteiger charge is 2.24. The lowest BCUT2D eigenvalue weighted by atomic mass is 10.1. The lowest BCUT2D eigenvalue weighted by molar-refractivity contribution is 0.0702. The zero-order valence-corrected chi connectivity index (χ0v) is 11.4. The van der Waals surface area contributed by atoms with Gasteiger partial charge in [-0.15, -0.1) is 11.3 Å². The van der Waals surface area contributed by atoms with Gasteiger partial charge in [-0.1, -0.05) is 0 Å². The van der Waals surface area contributed by atoms with Crippen LogP contribution in [0.1, 0.15) is 21.0 Å². The first-order valence-electron chi connectivity index (χ1n) is 5.34. The second kappa shape index (κ2) is 4.31. The standard InChI is InChI=1S/C12H10BrNO2S/c13-11-2-1-9(16-11)12(15)14-5-3-10-8(7-14)4-6-17-10/h1-2,4,6H,3,5,7H2. The molecule has 0 N–H and O–H groups in total. The molecule has 1 amide bonds. The Bertz CT molecular complexity index is 560. The molecule has 0 saturated heterocycles. The number of carbonyl (C=O) groups is 1. The summed E-state index contributed by atoms with van der Waals surface area (Å²) in [6.45, 7) is 1.46. The number of amides is 1. The first-order chi connectivity index (χ1) is 8.24. The number of halogens is 1. The van der Waals surface area contributed by atoms with Crippen LogP contribution in [0.3, 0.4) is 0 Å². The van der Waals surface area contributed by atoms with Crippen molar-refractivity contribution in [3.05, 3.63) is 44.4 Å². The first kappa shape index (κ1) is 11.0. The highest BCUT2D eigenvalue weighted by Crippen LogP contribution is 2.25. The number of rotatable bonds is 1. The smallest absolute Gasteiger partial charge is 0.289 e. The summed E-state index contributed by atoms with van der Waals surface area (Å²) < 4.78 is 5.89. The highest BCUT2D eigenvalue weighted by molar-refractivity contribution is 9.10. The van der Waals surface area contributed by atoms with Crippen LogP contribution in [0.2, 0.25) is 0 Å². The average Bonchev–Trinajstić information content (AvgIpc) is 2.95. The number of hydrogen-bond donors (Lipinski definition) is 0. The molecule has 0 aromatic carbocycles. The van der Waals surface area contributed by atoms with E-state index in [1.165, 1.54) is 10.4 Å². The summed E-state index contributed by atoms with van der Waals surface area (Å²) >= 11 is 4.98. The zero-order chi connectivity index (χ0) is 11.8. The van der Waals surface area contributed by atoms with Crippen molar-refractivity contribution in [3.8, 4) is 0 Å². The number of furan rings is 1. The molecule has 1 aliphatic heterocycles. The maximum atomic E-state index is 12.2. The molecule has 1 aliphatic rings. The third kappa shape index (κ3) is 2.05. The highest BCUT2D eigenvalue weighted by atomic mass is 79.9. The summed E-state index contributed by atoms with van der Waals surface area (Å²) in [5, 5.41) is 2.09. The molecule has 0 saturated carbocycles. The predicted molar refractivity (Wildman–Crippen MR) is 69.2 cm³/mol. The monoisotopic (exact) mass is 311 g/mol. The Balaban J connectivity index is 1.81. The number of fused-ring (bicyclic) bond motifs is 1. The molecule has 0 bridgehead atoms. The van der Waals surface area contributed by atoms with Crippen molar-refractivity contribution < 1.29 is 9.21 Å². The minimum Gasteiger partial charge on any atom is -0.444 e. The van der Waals surface area contributed by atoms with E-state index in [4.69, 9.17) is 4.42 Å². The van der Waals surface area contributed by atoms with E-state index in [0.717, 1.165) is 13.0 Å². The second-order valence-corrected chi connectivity index (χ2v) is 5.73. The van der Waals surface area contributed by atoms with Crippen LogP contribution in [0.5, 0.6) is 0 Å². The topological polar surface area (TPSA) is 33.5 Å². The molecule has 3 rings (SSSR count). The van der Waals surface area contributed by atoms with Gasteiger partial charge in [0.2, 0.25) is 0 Å². The predicted octanol–water partition coefficient (Wildman–Crippen LogP) is 3.30. The molecule has 2 aromatic rings. The van der Waals surface area contributed by atoms with Gasteiger partial charge in [0.1, 0.15) is 0 Å². The van der Waals surface area contributed by atoms with Gasteiger partial charge in [0.15, 0.2) is 10.4 Å². The van der Waals surface area contributed by atoms with Crippen molar-refractivity contribution in [1.82, 2.24) is 4.90 Å². The fraction of sp³-hybridized carbons (Fsp3) is 0.250. The van der Waals surface area contributed by atoms with E-state index in [9.17, 15) is 4.79 Å². The summed E-state index contributed by atoms with van der Waals surface area (Å²) in [4.78, 5) is 15.4. The molecule has 88 valence electrons. The lowest BCUT2D eigenvalue weighted by Crippen LogP contribution is -2.35. The van der Waals surface area contributed by atoms with Crippen LogP contribution in [-0.4, -0.2) is 17.4 Å². The maximum Gasteiger partial charge on any atom is 0.289 e. The van der Waals surface area contributed by atoms with Crippen LogP contribution in [0.15, 0.2) is 32.7 Å². The van der Waals surface area contributed by atoms with Gasteiger partial charge in [-0.25, -0.2) is 0 Å². The van der Waals surface area contributed by atoms with Gasteiger partial charge in [-0.05, 0) is 51.5 Å². The Morgan fingerprint density at radius 2 is 2.29 bits per heavy atom. The minimum absolute atomic E-state index is 0.0347. The van der Waals surface area contributed by atoms with Crippen LogP contribution in [0, 0.1) is 0 Å². The second-order valence-electron chi connectivity index (χ2n) is 3.95. The van der Waals surface area contributed by atoms with Gasteiger partial charge < -0.3 is 9.32 Å². The summed E-state index contributed by atoms with van der Waals surface area (Å²) in [5.74, 6) is 0.364. The Kier molecular flexibility index (Phi) is 2.80. The van der Waals surface area contributed by atoms with E-state index in [2.05, 4.69) is 27.4 Å². The fourth-order valence-electron chi connectivity index (χ4n) is 2.01. The molecule has 17 heavy (non-hydrogen) atoms. The molecule has 0 atom stereocenters. The van der Waals surface area contributed by atoms with Crippen molar-refractivity contribution in [2.24, 2.45) is 0 Å². The molecule has 0 fully saturated rings. The normalized spacial score (nSPS) is 14.8. The maximum absolute atomic E-state index is 12.2. The summed E-state index contributed by atoms with van der Waals surface area (Å²) in [6.07, 6.45) is 0.945. The van der Waals surface area contributed by atoms with Crippen LogP contribution in [-0.2, 0) is 13.0 Å². The number of carbonyl (C=O) groups excluding carboxylic acids is 1. The molecule has 5 heteroatoms. The van der Waals surface area contributed by atoms with Crippen molar-refractivity contribution in [3.63, 3.8) is 0 Å². The van der Waals surface area contributed by atoms with Gasteiger partial charge in [0.25, 0.3) is 5.91 Å².